The summed E-state index contributed by atoms with van der Waals surface area (Å²) in [6.45, 7) is 1.85. The first kappa shape index (κ1) is 10.3. The molecule has 11 heavy (non-hydrogen) atoms. The van der Waals surface area contributed by atoms with E-state index >= 15 is 0 Å². The van der Waals surface area contributed by atoms with E-state index in [0.717, 1.165) is 4.88 Å². The first-order valence-corrected chi connectivity index (χ1v) is 3.64. The number of anilines is 1. The van der Waals surface area contributed by atoms with Crippen LogP contribution in [-0.2, 0) is 0 Å². The van der Waals surface area contributed by atoms with Crippen LogP contribution in [0.25, 0.3) is 0 Å². The van der Waals surface area contributed by atoms with Gasteiger partial charge in [0.1, 0.15) is 0 Å². The van der Waals surface area contributed by atoms with Crippen LogP contribution in [0, 0.1) is 6.92 Å². The molecule has 4 N–H and O–H groups in total. The van der Waals surface area contributed by atoms with Crippen molar-refractivity contribution in [2.75, 3.05) is 5.73 Å². The van der Waals surface area contributed by atoms with Crippen molar-refractivity contribution in [2.24, 2.45) is 5.73 Å². The molecule has 0 spiro atoms. The summed E-state index contributed by atoms with van der Waals surface area (Å²) < 4.78 is 0. The fraction of sp³-hybridized carbons (Fsp3) is 0.167. The maximum absolute atomic E-state index is 10.6. The fourth-order valence-corrected chi connectivity index (χ4v) is 1.43. The summed E-state index contributed by atoms with van der Waals surface area (Å²) in [6.07, 6.45) is 0. The smallest absolute Gasteiger partial charge is 0.251 e. The van der Waals surface area contributed by atoms with Crippen LogP contribution in [-0.4, -0.2) is 5.91 Å². The maximum atomic E-state index is 10.6. The van der Waals surface area contributed by atoms with Gasteiger partial charge < -0.3 is 11.5 Å². The third kappa shape index (κ3) is 1.85. The lowest BCUT2D eigenvalue weighted by Crippen LogP contribution is -2.11. The van der Waals surface area contributed by atoms with Crippen LogP contribution in [0.15, 0.2) is 5.38 Å². The second kappa shape index (κ2) is 3.59. The monoisotopic (exact) mass is 192 g/mol. The van der Waals surface area contributed by atoms with E-state index in [9.17, 15) is 4.79 Å². The molecule has 0 radical (unpaired) electrons. The number of nitrogens with two attached hydrogens (primary N) is 2. The number of nitrogen functional groups attached to an aromatic ring is 1. The zero-order chi connectivity index (χ0) is 7.72. The molecule has 0 aromatic carbocycles. The molecule has 3 nitrogen and oxygen atoms in total. The topological polar surface area (TPSA) is 69.1 Å². The molecule has 1 aromatic rings. The molecule has 1 aromatic heterocycles. The molecular formula is C6H9ClN2OS. The molecule has 1 heterocycles. The number of rotatable bonds is 1. The van der Waals surface area contributed by atoms with Crippen molar-refractivity contribution in [1.82, 2.24) is 0 Å². The predicted molar refractivity (Wildman–Crippen MR) is 49.2 cm³/mol. The normalized spacial score (nSPS) is 8.82. The Bertz CT molecular complexity index is 272. The molecule has 0 bridgehead atoms. The SMILES string of the molecule is Cc1scc(C(N)=O)c1N.Cl. The molecule has 0 unspecified atom stereocenters. The predicted octanol–water partition coefficient (Wildman–Crippen LogP) is 1.16. The lowest BCUT2D eigenvalue weighted by atomic mass is 10.2. The van der Waals surface area contributed by atoms with Crippen molar-refractivity contribution in [3.8, 4) is 0 Å². The Balaban J connectivity index is 0.000001000. The minimum absolute atomic E-state index is 0. The summed E-state index contributed by atoms with van der Waals surface area (Å²) in [5, 5.41) is 1.67. The summed E-state index contributed by atoms with van der Waals surface area (Å²) in [5.41, 5.74) is 11.5. The van der Waals surface area contributed by atoms with Gasteiger partial charge in [-0.3, -0.25) is 4.79 Å². The van der Waals surface area contributed by atoms with Crippen LogP contribution in [0.2, 0.25) is 0 Å². The standard InChI is InChI=1S/C6H8N2OS.ClH/c1-3-5(7)4(2-10-3)6(8)9;/h2H,7H2,1H3,(H2,8,9);1H. The highest BCUT2D eigenvalue weighted by Crippen LogP contribution is 2.22. The lowest BCUT2D eigenvalue weighted by Gasteiger charge is -1.91. The van der Waals surface area contributed by atoms with E-state index in [2.05, 4.69) is 0 Å². The molecular weight excluding hydrogens is 184 g/mol. The Morgan fingerprint density at radius 3 is 2.36 bits per heavy atom. The third-order valence-corrected chi connectivity index (χ3v) is 2.22. The minimum Gasteiger partial charge on any atom is -0.397 e. The van der Waals surface area contributed by atoms with Crippen molar-refractivity contribution in [3.63, 3.8) is 0 Å². The summed E-state index contributed by atoms with van der Waals surface area (Å²) in [7, 11) is 0. The van der Waals surface area contributed by atoms with E-state index < -0.39 is 5.91 Å². The zero-order valence-corrected chi connectivity index (χ0v) is 7.59. The molecule has 0 atom stereocenters. The van der Waals surface area contributed by atoms with E-state index in [4.69, 9.17) is 11.5 Å². The number of halogens is 1. The molecule has 0 aliphatic rings. The Hall–Kier alpha value is -0.740. The number of aryl methyl sites for hydroxylation is 1. The maximum Gasteiger partial charge on any atom is 0.251 e. The van der Waals surface area contributed by atoms with Crippen LogP contribution in [0.5, 0.6) is 0 Å². The van der Waals surface area contributed by atoms with Crippen LogP contribution in [0.3, 0.4) is 0 Å². The van der Waals surface area contributed by atoms with Gasteiger partial charge in [-0.2, -0.15) is 0 Å². The number of thiophene rings is 1. The van der Waals surface area contributed by atoms with E-state index in [1.54, 1.807) is 5.38 Å². The number of carbonyl (C=O) groups excluding carboxylic acids is 1. The molecule has 0 aliphatic heterocycles. The van der Waals surface area contributed by atoms with Crippen molar-refractivity contribution in [3.05, 3.63) is 15.8 Å². The third-order valence-electron chi connectivity index (χ3n) is 1.29. The number of hydrogen-bond donors (Lipinski definition) is 2. The van der Waals surface area contributed by atoms with Gasteiger partial charge in [0, 0.05) is 10.3 Å². The van der Waals surface area contributed by atoms with Gasteiger partial charge in [0.05, 0.1) is 11.3 Å². The quantitative estimate of drug-likeness (QED) is 0.701. The second-order valence-corrected chi connectivity index (χ2v) is 3.07. The molecule has 0 fully saturated rings. The molecule has 1 amide bonds. The van der Waals surface area contributed by atoms with Gasteiger partial charge in [0.25, 0.3) is 5.91 Å². The van der Waals surface area contributed by atoms with Crippen molar-refractivity contribution in [2.45, 2.75) is 6.92 Å². The highest BCUT2D eigenvalue weighted by molar-refractivity contribution is 7.10. The van der Waals surface area contributed by atoms with Gasteiger partial charge in [-0.25, -0.2) is 0 Å². The highest BCUT2D eigenvalue weighted by atomic mass is 35.5. The molecule has 0 aliphatic carbocycles. The highest BCUT2D eigenvalue weighted by Gasteiger charge is 2.08. The summed E-state index contributed by atoms with van der Waals surface area (Å²) in [4.78, 5) is 11.5. The van der Waals surface area contributed by atoms with Gasteiger partial charge in [-0.05, 0) is 6.92 Å². The van der Waals surface area contributed by atoms with E-state index in [0.29, 0.717) is 11.3 Å². The first-order valence-electron chi connectivity index (χ1n) is 2.76. The van der Waals surface area contributed by atoms with Crippen LogP contribution >= 0.6 is 23.7 Å². The van der Waals surface area contributed by atoms with E-state index in [-0.39, 0.29) is 12.4 Å². The Labute approximate surface area is 74.8 Å². The zero-order valence-electron chi connectivity index (χ0n) is 5.96. The van der Waals surface area contributed by atoms with Crippen molar-refractivity contribution in [1.29, 1.82) is 0 Å². The number of amides is 1. The largest absolute Gasteiger partial charge is 0.397 e. The van der Waals surface area contributed by atoms with Crippen molar-refractivity contribution < 1.29 is 4.79 Å². The average Bonchev–Trinajstić information content (AvgIpc) is 2.14. The van der Waals surface area contributed by atoms with Gasteiger partial charge in [-0.1, -0.05) is 0 Å². The minimum atomic E-state index is -0.457. The molecule has 1 rings (SSSR count). The second-order valence-electron chi connectivity index (χ2n) is 1.98. The van der Waals surface area contributed by atoms with Crippen LogP contribution in [0.4, 0.5) is 5.69 Å². The lowest BCUT2D eigenvalue weighted by molar-refractivity contribution is 0.100. The number of hydrogen-bond acceptors (Lipinski definition) is 3. The molecule has 5 heteroatoms. The summed E-state index contributed by atoms with van der Waals surface area (Å²) in [5.74, 6) is -0.457. The Morgan fingerprint density at radius 2 is 2.18 bits per heavy atom. The van der Waals surface area contributed by atoms with Gasteiger partial charge in [0.2, 0.25) is 0 Å². The summed E-state index contributed by atoms with van der Waals surface area (Å²) >= 11 is 1.43. The van der Waals surface area contributed by atoms with Crippen LogP contribution in [0.1, 0.15) is 15.2 Å². The van der Waals surface area contributed by atoms with Gasteiger partial charge >= 0.3 is 0 Å². The van der Waals surface area contributed by atoms with E-state index in [1.807, 2.05) is 6.92 Å². The Kier molecular flexibility index (Phi) is 3.35. The van der Waals surface area contributed by atoms with Gasteiger partial charge in [-0.15, -0.1) is 23.7 Å². The molecule has 0 saturated heterocycles. The number of carbonyl (C=O) groups is 1. The van der Waals surface area contributed by atoms with Crippen molar-refractivity contribution >= 4 is 35.3 Å². The summed E-state index contributed by atoms with van der Waals surface area (Å²) in [6, 6.07) is 0. The van der Waals surface area contributed by atoms with Crippen LogP contribution < -0.4 is 11.5 Å². The molecule has 62 valence electrons. The number of primary amides is 1. The average molecular weight is 193 g/mol. The molecule has 0 saturated carbocycles. The van der Waals surface area contributed by atoms with E-state index in [1.165, 1.54) is 11.3 Å². The first-order chi connectivity index (χ1) is 4.63. The van der Waals surface area contributed by atoms with Gasteiger partial charge in [0.15, 0.2) is 0 Å². The Morgan fingerprint density at radius 1 is 1.64 bits per heavy atom. The fourth-order valence-electron chi connectivity index (χ4n) is 0.655.